The third-order valence-electron chi connectivity index (χ3n) is 5.99. The van der Waals surface area contributed by atoms with Crippen molar-refractivity contribution in [2.45, 2.75) is 38.6 Å². The monoisotopic (exact) mass is 406 g/mol. The van der Waals surface area contributed by atoms with Gasteiger partial charge in [0.2, 0.25) is 5.91 Å². The largest absolute Gasteiger partial charge is 0.373 e. The predicted octanol–water partition coefficient (Wildman–Crippen LogP) is 5.02. The number of rotatable bonds is 5. The van der Waals surface area contributed by atoms with Crippen molar-refractivity contribution in [3.05, 3.63) is 54.1 Å². The summed E-state index contributed by atoms with van der Waals surface area (Å²) >= 11 is 0. The van der Waals surface area contributed by atoms with Crippen LogP contribution in [0, 0.1) is 11.7 Å². The smallest absolute Gasteiger partial charge is 0.225 e. The molecule has 6 heteroatoms. The molecule has 1 amide bonds. The fourth-order valence-electron chi connectivity index (χ4n) is 4.31. The van der Waals surface area contributed by atoms with Gasteiger partial charge in [-0.1, -0.05) is 31.4 Å². The summed E-state index contributed by atoms with van der Waals surface area (Å²) in [4.78, 5) is 23.0. The Labute approximate surface area is 176 Å². The van der Waals surface area contributed by atoms with Crippen LogP contribution in [0.25, 0.3) is 22.0 Å². The summed E-state index contributed by atoms with van der Waals surface area (Å²) in [7, 11) is 3.60. The lowest BCUT2D eigenvalue weighted by molar-refractivity contribution is -0.135. The van der Waals surface area contributed by atoms with E-state index >= 15 is 0 Å². The summed E-state index contributed by atoms with van der Waals surface area (Å²) in [6.07, 6.45) is 6.83. The Balaban J connectivity index is 1.60. The van der Waals surface area contributed by atoms with Crippen LogP contribution in [0.4, 0.5) is 10.2 Å². The minimum Gasteiger partial charge on any atom is -0.373 e. The minimum atomic E-state index is -0.290. The highest BCUT2D eigenvalue weighted by molar-refractivity contribution is 5.92. The lowest BCUT2D eigenvalue weighted by atomic mass is 9.88. The molecule has 1 aliphatic rings. The lowest BCUT2D eigenvalue weighted by Gasteiger charge is -2.26. The zero-order chi connectivity index (χ0) is 21.1. The normalized spacial score (nSPS) is 14.6. The van der Waals surface area contributed by atoms with Gasteiger partial charge >= 0.3 is 0 Å². The summed E-state index contributed by atoms with van der Waals surface area (Å²) in [6, 6.07) is 11.0. The Hall–Kier alpha value is -3.02. The molecule has 5 nitrogen and oxygen atoms in total. The summed E-state index contributed by atoms with van der Waals surface area (Å²) in [5, 5.41) is 3.99. The Morgan fingerprint density at radius 2 is 1.83 bits per heavy atom. The molecule has 1 fully saturated rings. The maximum atomic E-state index is 14.6. The molecule has 0 spiro atoms. The molecular formula is C24H27FN4O. The molecule has 1 saturated carbocycles. The van der Waals surface area contributed by atoms with E-state index in [0.717, 1.165) is 53.5 Å². The summed E-state index contributed by atoms with van der Waals surface area (Å²) < 4.78 is 14.6. The molecule has 3 aromatic rings. The second-order valence-corrected chi connectivity index (χ2v) is 8.04. The van der Waals surface area contributed by atoms with E-state index in [-0.39, 0.29) is 24.2 Å². The van der Waals surface area contributed by atoms with Gasteiger partial charge in [-0.15, -0.1) is 0 Å². The summed E-state index contributed by atoms with van der Waals surface area (Å²) in [5.74, 6) is 0.667. The number of carbonyl (C=O) groups is 1. The number of aromatic nitrogens is 2. The highest BCUT2D eigenvalue weighted by Crippen LogP contribution is 2.29. The fourth-order valence-corrected chi connectivity index (χ4v) is 4.31. The Morgan fingerprint density at radius 1 is 1.10 bits per heavy atom. The molecule has 0 aliphatic heterocycles. The lowest BCUT2D eigenvalue weighted by Crippen LogP contribution is -2.33. The molecular weight excluding hydrogens is 379 g/mol. The van der Waals surface area contributed by atoms with Crippen molar-refractivity contribution in [1.29, 1.82) is 0 Å². The molecule has 1 heterocycles. The van der Waals surface area contributed by atoms with E-state index in [1.54, 1.807) is 18.0 Å². The van der Waals surface area contributed by atoms with Crippen LogP contribution in [-0.4, -0.2) is 34.9 Å². The van der Waals surface area contributed by atoms with E-state index in [0.29, 0.717) is 5.56 Å². The highest BCUT2D eigenvalue weighted by Gasteiger charge is 2.24. The number of hydrogen-bond donors (Lipinski definition) is 1. The third-order valence-corrected chi connectivity index (χ3v) is 5.99. The number of halogens is 1. The number of anilines is 1. The fraction of sp³-hybridized carbons (Fsp3) is 0.375. The molecule has 0 radical (unpaired) electrons. The SMILES string of the molecule is CNc1ncnc2ccc(-c3ccc(F)c(CN(C)C(=O)C4CCCCC4)c3)cc12. The first-order chi connectivity index (χ1) is 14.6. The van der Waals surface area contributed by atoms with Crippen molar-refractivity contribution in [1.82, 2.24) is 14.9 Å². The van der Waals surface area contributed by atoms with Gasteiger partial charge in [0.15, 0.2) is 0 Å². The molecule has 1 N–H and O–H groups in total. The standard InChI is InChI=1S/C24H27FN4O/c1-26-23-20-13-18(9-11-22(20)27-15-28-23)17-8-10-21(25)19(12-17)14-29(2)24(30)16-6-4-3-5-7-16/h8-13,15-16H,3-7,14H2,1-2H3,(H,26,27,28). The maximum Gasteiger partial charge on any atom is 0.225 e. The van der Waals surface area contributed by atoms with Crippen LogP contribution < -0.4 is 5.32 Å². The molecule has 2 aromatic carbocycles. The number of nitrogens with one attached hydrogen (secondary N) is 1. The molecule has 1 aromatic heterocycles. The van der Waals surface area contributed by atoms with Crippen molar-refractivity contribution in [2.24, 2.45) is 5.92 Å². The topological polar surface area (TPSA) is 58.1 Å². The molecule has 0 bridgehead atoms. The first-order valence-electron chi connectivity index (χ1n) is 10.5. The molecule has 0 saturated heterocycles. The molecule has 1 aliphatic carbocycles. The predicted molar refractivity (Wildman–Crippen MR) is 118 cm³/mol. The molecule has 4 rings (SSSR count). The second-order valence-electron chi connectivity index (χ2n) is 8.04. The Bertz CT molecular complexity index is 1060. The zero-order valence-electron chi connectivity index (χ0n) is 17.5. The Morgan fingerprint density at radius 3 is 2.60 bits per heavy atom. The number of hydrogen-bond acceptors (Lipinski definition) is 4. The van der Waals surface area contributed by atoms with Gasteiger partial charge in [-0.2, -0.15) is 0 Å². The summed E-state index contributed by atoms with van der Waals surface area (Å²) in [5.41, 5.74) is 3.23. The molecule has 0 unspecified atom stereocenters. The van der Waals surface area contributed by atoms with E-state index in [9.17, 15) is 9.18 Å². The van der Waals surface area contributed by atoms with Crippen LogP contribution >= 0.6 is 0 Å². The van der Waals surface area contributed by atoms with Crippen molar-refractivity contribution in [3.8, 4) is 11.1 Å². The first kappa shape index (κ1) is 20.3. The van der Waals surface area contributed by atoms with Crippen molar-refractivity contribution in [3.63, 3.8) is 0 Å². The minimum absolute atomic E-state index is 0.0791. The van der Waals surface area contributed by atoms with Crippen LogP contribution in [0.1, 0.15) is 37.7 Å². The van der Waals surface area contributed by atoms with Gasteiger partial charge in [-0.25, -0.2) is 14.4 Å². The van der Waals surface area contributed by atoms with Crippen LogP contribution in [0.2, 0.25) is 0 Å². The quantitative estimate of drug-likeness (QED) is 0.647. The third kappa shape index (κ3) is 4.13. The van der Waals surface area contributed by atoms with Crippen LogP contribution in [0.15, 0.2) is 42.7 Å². The Kier molecular flexibility index (Phi) is 5.93. The van der Waals surface area contributed by atoms with Gasteiger partial charge in [0.25, 0.3) is 0 Å². The van der Waals surface area contributed by atoms with Gasteiger partial charge < -0.3 is 10.2 Å². The number of fused-ring (bicyclic) bond motifs is 1. The van der Waals surface area contributed by atoms with E-state index in [1.165, 1.54) is 18.8 Å². The van der Waals surface area contributed by atoms with Crippen molar-refractivity contribution in [2.75, 3.05) is 19.4 Å². The maximum absolute atomic E-state index is 14.6. The number of amides is 1. The highest BCUT2D eigenvalue weighted by atomic mass is 19.1. The van der Waals surface area contributed by atoms with Crippen molar-refractivity contribution >= 4 is 22.6 Å². The van der Waals surface area contributed by atoms with Gasteiger partial charge in [0.05, 0.1) is 5.52 Å². The van der Waals surface area contributed by atoms with Crippen LogP contribution in [-0.2, 0) is 11.3 Å². The summed E-state index contributed by atoms with van der Waals surface area (Å²) in [6.45, 7) is 0.271. The van der Waals surface area contributed by atoms with E-state index < -0.39 is 0 Å². The molecule has 156 valence electrons. The van der Waals surface area contributed by atoms with Gasteiger partial charge in [-0.3, -0.25) is 4.79 Å². The molecule has 30 heavy (non-hydrogen) atoms. The van der Waals surface area contributed by atoms with E-state index in [1.807, 2.05) is 31.3 Å². The van der Waals surface area contributed by atoms with Crippen molar-refractivity contribution < 1.29 is 9.18 Å². The average Bonchev–Trinajstić information content (AvgIpc) is 2.79. The number of carbonyl (C=O) groups excluding carboxylic acids is 1. The molecule has 0 atom stereocenters. The van der Waals surface area contributed by atoms with E-state index in [4.69, 9.17) is 0 Å². The zero-order valence-corrected chi connectivity index (χ0v) is 17.5. The second kappa shape index (κ2) is 8.78. The first-order valence-corrected chi connectivity index (χ1v) is 10.5. The van der Waals surface area contributed by atoms with E-state index in [2.05, 4.69) is 15.3 Å². The van der Waals surface area contributed by atoms with Crippen LogP contribution in [0.5, 0.6) is 0 Å². The van der Waals surface area contributed by atoms with Gasteiger partial charge in [0.1, 0.15) is 18.0 Å². The van der Waals surface area contributed by atoms with Gasteiger partial charge in [0, 0.05) is 37.5 Å². The average molecular weight is 407 g/mol. The number of nitrogens with zero attached hydrogens (tertiary/aromatic N) is 3. The van der Waals surface area contributed by atoms with Crippen LogP contribution in [0.3, 0.4) is 0 Å². The number of benzene rings is 2. The van der Waals surface area contributed by atoms with Gasteiger partial charge in [-0.05, 0) is 48.2 Å².